The number of rotatable bonds is 5. The summed E-state index contributed by atoms with van der Waals surface area (Å²) in [5.74, 6) is 0. The van der Waals surface area contributed by atoms with Crippen LogP contribution in [0.5, 0.6) is 0 Å². The fourth-order valence-electron chi connectivity index (χ4n) is 1.87. The highest BCUT2D eigenvalue weighted by atomic mass is 16.5. The SMILES string of the molecule is CCOC1(CNC)CN(CC)C1. The van der Waals surface area contributed by atoms with Crippen molar-refractivity contribution in [3.8, 4) is 0 Å². The molecule has 3 nitrogen and oxygen atoms in total. The van der Waals surface area contributed by atoms with Gasteiger partial charge in [-0.15, -0.1) is 0 Å². The van der Waals surface area contributed by atoms with Gasteiger partial charge in [0.05, 0.1) is 0 Å². The number of ether oxygens (including phenoxy) is 1. The summed E-state index contributed by atoms with van der Waals surface area (Å²) in [5.41, 5.74) is 0.111. The average Bonchev–Trinajstić information content (AvgIpc) is 1.99. The van der Waals surface area contributed by atoms with Gasteiger partial charge in [-0.2, -0.15) is 0 Å². The van der Waals surface area contributed by atoms with Gasteiger partial charge in [0.15, 0.2) is 0 Å². The molecule has 1 aliphatic heterocycles. The minimum atomic E-state index is 0.111. The van der Waals surface area contributed by atoms with Crippen LogP contribution in [0.4, 0.5) is 0 Å². The van der Waals surface area contributed by atoms with E-state index in [4.69, 9.17) is 4.74 Å². The van der Waals surface area contributed by atoms with Gasteiger partial charge < -0.3 is 10.1 Å². The molecular weight excluding hydrogens is 152 g/mol. The molecule has 0 aromatic carbocycles. The summed E-state index contributed by atoms with van der Waals surface area (Å²) in [6.45, 7) is 9.34. The van der Waals surface area contributed by atoms with Crippen LogP contribution in [0.15, 0.2) is 0 Å². The highest BCUT2D eigenvalue weighted by Crippen LogP contribution is 2.23. The van der Waals surface area contributed by atoms with Crippen molar-refractivity contribution in [2.45, 2.75) is 19.4 Å². The second kappa shape index (κ2) is 4.21. The van der Waals surface area contributed by atoms with Gasteiger partial charge in [0.25, 0.3) is 0 Å². The molecule has 0 aromatic heterocycles. The Morgan fingerprint density at radius 3 is 2.50 bits per heavy atom. The van der Waals surface area contributed by atoms with E-state index in [2.05, 4.69) is 24.1 Å². The maximum atomic E-state index is 5.73. The highest BCUT2D eigenvalue weighted by Gasteiger charge is 2.42. The Morgan fingerprint density at radius 1 is 1.42 bits per heavy atom. The largest absolute Gasteiger partial charge is 0.371 e. The molecule has 1 saturated heterocycles. The van der Waals surface area contributed by atoms with Crippen molar-refractivity contribution in [3.05, 3.63) is 0 Å². The Morgan fingerprint density at radius 2 is 2.08 bits per heavy atom. The molecule has 1 aliphatic rings. The van der Waals surface area contributed by atoms with Crippen molar-refractivity contribution in [2.24, 2.45) is 0 Å². The number of hydrogen-bond donors (Lipinski definition) is 1. The summed E-state index contributed by atoms with van der Waals surface area (Å²) < 4.78 is 5.73. The van der Waals surface area contributed by atoms with E-state index in [1.807, 2.05) is 7.05 Å². The van der Waals surface area contributed by atoms with Gasteiger partial charge in [-0.3, -0.25) is 4.90 Å². The molecule has 72 valence electrons. The van der Waals surface area contributed by atoms with Gasteiger partial charge in [0.1, 0.15) is 5.60 Å². The van der Waals surface area contributed by atoms with Crippen LogP contribution in [-0.2, 0) is 4.74 Å². The van der Waals surface area contributed by atoms with E-state index in [0.717, 1.165) is 32.8 Å². The monoisotopic (exact) mass is 172 g/mol. The lowest BCUT2D eigenvalue weighted by atomic mass is 9.94. The molecule has 0 spiro atoms. The van der Waals surface area contributed by atoms with Crippen molar-refractivity contribution in [1.82, 2.24) is 10.2 Å². The molecule has 0 aliphatic carbocycles. The summed E-state index contributed by atoms with van der Waals surface area (Å²) in [7, 11) is 1.98. The molecule has 1 fully saturated rings. The normalized spacial score (nSPS) is 22.2. The third-order valence-electron chi connectivity index (χ3n) is 2.42. The van der Waals surface area contributed by atoms with Crippen molar-refractivity contribution in [2.75, 3.05) is 39.8 Å². The number of likely N-dealkylation sites (tertiary alicyclic amines) is 1. The molecule has 1 heterocycles. The molecule has 3 heteroatoms. The Kier molecular flexibility index (Phi) is 3.50. The summed E-state index contributed by atoms with van der Waals surface area (Å²) in [5, 5.41) is 3.19. The Balaban J connectivity index is 2.32. The second-order valence-electron chi connectivity index (χ2n) is 3.45. The molecule has 1 rings (SSSR count). The van der Waals surface area contributed by atoms with Crippen LogP contribution in [0.3, 0.4) is 0 Å². The average molecular weight is 172 g/mol. The summed E-state index contributed by atoms with van der Waals surface area (Å²) in [4.78, 5) is 2.40. The Bertz CT molecular complexity index is 124. The number of hydrogen-bond acceptors (Lipinski definition) is 3. The number of nitrogens with zero attached hydrogens (tertiary/aromatic N) is 1. The van der Waals surface area contributed by atoms with Gasteiger partial charge in [-0.25, -0.2) is 0 Å². The molecule has 0 unspecified atom stereocenters. The van der Waals surface area contributed by atoms with E-state index in [0.29, 0.717) is 0 Å². The molecule has 1 N–H and O–H groups in total. The minimum Gasteiger partial charge on any atom is -0.371 e. The van der Waals surface area contributed by atoms with Gasteiger partial charge in [0.2, 0.25) is 0 Å². The van der Waals surface area contributed by atoms with Crippen molar-refractivity contribution < 1.29 is 4.74 Å². The smallest absolute Gasteiger partial charge is 0.106 e. The first-order valence-corrected chi connectivity index (χ1v) is 4.77. The molecule has 0 amide bonds. The van der Waals surface area contributed by atoms with Crippen LogP contribution in [0, 0.1) is 0 Å². The van der Waals surface area contributed by atoms with E-state index in [9.17, 15) is 0 Å². The fraction of sp³-hybridized carbons (Fsp3) is 1.00. The molecule has 0 bridgehead atoms. The van der Waals surface area contributed by atoms with Crippen LogP contribution in [0.1, 0.15) is 13.8 Å². The van der Waals surface area contributed by atoms with Crippen LogP contribution < -0.4 is 5.32 Å². The summed E-state index contributed by atoms with van der Waals surface area (Å²) in [6, 6.07) is 0. The van der Waals surface area contributed by atoms with Gasteiger partial charge in [-0.05, 0) is 20.5 Å². The summed E-state index contributed by atoms with van der Waals surface area (Å²) in [6.07, 6.45) is 0. The topological polar surface area (TPSA) is 24.5 Å². The Labute approximate surface area is 75.1 Å². The zero-order valence-electron chi connectivity index (χ0n) is 8.39. The van der Waals surface area contributed by atoms with Crippen LogP contribution in [0.2, 0.25) is 0 Å². The first-order valence-electron chi connectivity index (χ1n) is 4.77. The van der Waals surface area contributed by atoms with E-state index < -0.39 is 0 Å². The first kappa shape index (κ1) is 9.96. The third kappa shape index (κ3) is 1.97. The molecule has 0 radical (unpaired) electrons. The van der Waals surface area contributed by atoms with E-state index >= 15 is 0 Å². The van der Waals surface area contributed by atoms with Crippen LogP contribution in [-0.4, -0.2) is 50.3 Å². The maximum Gasteiger partial charge on any atom is 0.106 e. The second-order valence-corrected chi connectivity index (χ2v) is 3.45. The molecular formula is C9H20N2O. The molecule has 0 atom stereocenters. The molecule has 12 heavy (non-hydrogen) atoms. The zero-order chi connectivity index (χ0) is 9.03. The van der Waals surface area contributed by atoms with E-state index in [1.54, 1.807) is 0 Å². The van der Waals surface area contributed by atoms with Crippen LogP contribution >= 0.6 is 0 Å². The minimum absolute atomic E-state index is 0.111. The first-order chi connectivity index (χ1) is 5.76. The Hall–Kier alpha value is -0.120. The fourth-order valence-corrected chi connectivity index (χ4v) is 1.87. The predicted octanol–water partition coefficient (Wildman–Crippen LogP) is 0.317. The quantitative estimate of drug-likeness (QED) is 0.646. The number of nitrogens with one attached hydrogen (secondary N) is 1. The lowest BCUT2D eigenvalue weighted by molar-refractivity contribution is -0.135. The van der Waals surface area contributed by atoms with Gasteiger partial charge in [-0.1, -0.05) is 6.92 Å². The number of likely N-dealkylation sites (N-methyl/N-ethyl adjacent to an activating group) is 2. The predicted molar refractivity (Wildman–Crippen MR) is 50.4 cm³/mol. The van der Waals surface area contributed by atoms with E-state index in [1.165, 1.54) is 0 Å². The third-order valence-corrected chi connectivity index (χ3v) is 2.42. The maximum absolute atomic E-state index is 5.73. The van der Waals surface area contributed by atoms with Crippen molar-refractivity contribution in [1.29, 1.82) is 0 Å². The highest BCUT2D eigenvalue weighted by molar-refractivity contribution is 4.98. The molecule has 0 saturated carbocycles. The zero-order valence-corrected chi connectivity index (χ0v) is 8.39. The van der Waals surface area contributed by atoms with Crippen molar-refractivity contribution in [3.63, 3.8) is 0 Å². The lowest BCUT2D eigenvalue weighted by Crippen LogP contribution is -2.66. The van der Waals surface area contributed by atoms with Crippen molar-refractivity contribution >= 4 is 0 Å². The standard InChI is InChI=1S/C9H20N2O/c1-4-11-7-9(8-11,6-10-3)12-5-2/h10H,4-8H2,1-3H3. The lowest BCUT2D eigenvalue weighted by Gasteiger charge is -2.49. The molecule has 0 aromatic rings. The summed E-state index contributed by atoms with van der Waals surface area (Å²) >= 11 is 0. The van der Waals surface area contributed by atoms with Crippen LogP contribution in [0.25, 0.3) is 0 Å². The van der Waals surface area contributed by atoms with E-state index in [-0.39, 0.29) is 5.60 Å². The van der Waals surface area contributed by atoms with Gasteiger partial charge in [0, 0.05) is 26.2 Å². The van der Waals surface area contributed by atoms with Gasteiger partial charge >= 0.3 is 0 Å².